The predicted molar refractivity (Wildman–Crippen MR) is 124 cm³/mol. The van der Waals surface area contributed by atoms with Crippen LogP contribution in [0, 0.1) is 6.92 Å². The van der Waals surface area contributed by atoms with Gasteiger partial charge in [0.15, 0.2) is 0 Å². The molecule has 0 bridgehead atoms. The topological polar surface area (TPSA) is 106 Å². The fraction of sp³-hybridized carbons (Fsp3) is 0.333. The molecule has 1 saturated heterocycles. The molecule has 2 aromatic carbocycles. The van der Waals surface area contributed by atoms with Crippen LogP contribution in [0.2, 0.25) is 0 Å². The molecule has 1 atom stereocenters. The van der Waals surface area contributed by atoms with E-state index in [4.69, 9.17) is 9.47 Å². The number of aryl methyl sites for hydroxylation is 1. The van der Waals surface area contributed by atoms with E-state index in [1.54, 1.807) is 6.07 Å². The molecule has 2 heterocycles. The van der Waals surface area contributed by atoms with Crippen molar-refractivity contribution in [3.8, 4) is 0 Å². The minimum atomic E-state index is -4.04. The molecule has 1 unspecified atom stereocenters. The van der Waals surface area contributed by atoms with Gasteiger partial charge in [0.2, 0.25) is 10.0 Å². The zero-order valence-electron chi connectivity index (χ0n) is 18.5. The van der Waals surface area contributed by atoms with E-state index >= 15 is 0 Å². The zero-order valence-corrected chi connectivity index (χ0v) is 19.4. The second-order valence-electron chi connectivity index (χ2n) is 8.11. The van der Waals surface area contributed by atoms with E-state index in [0.717, 1.165) is 29.3 Å². The van der Waals surface area contributed by atoms with Gasteiger partial charge in [0.25, 0.3) is 5.56 Å². The van der Waals surface area contributed by atoms with Crippen LogP contribution in [-0.4, -0.2) is 50.0 Å². The van der Waals surface area contributed by atoms with Crippen LogP contribution in [0.1, 0.15) is 34.3 Å². The first kappa shape index (κ1) is 23.2. The lowest BCUT2D eigenvalue weighted by Gasteiger charge is -2.25. The molecule has 1 aromatic heterocycles. The number of hydrogen-bond acceptors (Lipinski definition) is 6. The minimum absolute atomic E-state index is 0.0449. The summed E-state index contributed by atoms with van der Waals surface area (Å²) in [6, 6.07) is 13.1. The summed E-state index contributed by atoms with van der Waals surface area (Å²) < 4.78 is 38.9. The van der Waals surface area contributed by atoms with Gasteiger partial charge in [0.05, 0.1) is 29.2 Å². The van der Waals surface area contributed by atoms with Crippen molar-refractivity contribution in [2.24, 2.45) is 0 Å². The third-order valence-electron chi connectivity index (χ3n) is 5.84. The summed E-state index contributed by atoms with van der Waals surface area (Å²) in [6.45, 7) is 2.46. The largest absolute Gasteiger partial charge is 0.465 e. The Morgan fingerprint density at radius 1 is 1.21 bits per heavy atom. The van der Waals surface area contributed by atoms with Gasteiger partial charge in [-0.15, -0.1) is 0 Å². The Labute approximate surface area is 192 Å². The highest BCUT2D eigenvalue weighted by Gasteiger charge is 2.30. The second-order valence-corrected chi connectivity index (χ2v) is 10.1. The van der Waals surface area contributed by atoms with Crippen molar-refractivity contribution in [2.45, 2.75) is 37.3 Å². The minimum Gasteiger partial charge on any atom is -0.465 e. The van der Waals surface area contributed by atoms with Crippen LogP contribution < -0.4 is 5.56 Å². The number of esters is 1. The molecule has 0 radical (unpaired) electrons. The standard InChI is InChI=1S/C24H26N2O6S/c1-16-6-3-7-17-12-19(23(27)25-22(16)17)14-26(15-20-9-5-11-32-20)33(29,30)21-10-4-8-18(13-21)24(28)31-2/h3-4,6-8,10,12-13,20H,5,9,11,14-15H2,1-2H3,(H,25,27). The van der Waals surface area contributed by atoms with E-state index in [2.05, 4.69) is 4.98 Å². The molecule has 1 N–H and O–H groups in total. The number of sulfonamides is 1. The molecule has 1 aliphatic rings. The quantitative estimate of drug-likeness (QED) is 0.532. The number of aromatic amines is 1. The molecule has 3 aromatic rings. The number of H-pyrrole nitrogens is 1. The molecule has 174 valence electrons. The van der Waals surface area contributed by atoms with Crippen LogP contribution in [0.3, 0.4) is 0 Å². The maximum atomic E-state index is 13.6. The van der Waals surface area contributed by atoms with Crippen LogP contribution in [0.15, 0.2) is 58.2 Å². The van der Waals surface area contributed by atoms with E-state index in [9.17, 15) is 18.0 Å². The Hall–Kier alpha value is -3.01. The number of benzene rings is 2. The van der Waals surface area contributed by atoms with Gasteiger partial charge in [0, 0.05) is 25.3 Å². The van der Waals surface area contributed by atoms with Crippen molar-refractivity contribution >= 4 is 26.9 Å². The molecule has 0 amide bonds. The number of aromatic nitrogens is 1. The van der Waals surface area contributed by atoms with Crippen LogP contribution in [0.5, 0.6) is 0 Å². The third kappa shape index (κ3) is 4.85. The number of pyridine rings is 1. The van der Waals surface area contributed by atoms with E-state index in [1.807, 2.05) is 25.1 Å². The monoisotopic (exact) mass is 470 g/mol. The van der Waals surface area contributed by atoms with Gasteiger partial charge in [-0.2, -0.15) is 4.31 Å². The summed E-state index contributed by atoms with van der Waals surface area (Å²) in [4.78, 5) is 27.6. The van der Waals surface area contributed by atoms with Gasteiger partial charge < -0.3 is 14.5 Å². The number of hydrogen-bond donors (Lipinski definition) is 1. The Morgan fingerprint density at radius 2 is 2.00 bits per heavy atom. The van der Waals surface area contributed by atoms with Gasteiger partial charge in [-0.05, 0) is 55.0 Å². The number of methoxy groups -OCH3 is 1. The number of ether oxygens (including phenoxy) is 2. The summed E-state index contributed by atoms with van der Waals surface area (Å²) >= 11 is 0. The molecule has 0 aliphatic carbocycles. The molecular weight excluding hydrogens is 444 g/mol. The van der Waals surface area contributed by atoms with Crippen LogP contribution in [-0.2, 0) is 26.0 Å². The third-order valence-corrected chi connectivity index (χ3v) is 7.64. The fourth-order valence-corrected chi connectivity index (χ4v) is 5.55. The predicted octanol–water partition coefficient (Wildman–Crippen LogP) is 2.99. The second kappa shape index (κ2) is 9.46. The zero-order chi connectivity index (χ0) is 23.6. The SMILES string of the molecule is COC(=O)c1cccc(S(=O)(=O)N(Cc2cc3cccc(C)c3[nH]c2=O)CC2CCCO2)c1. The summed E-state index contributed by atoms with van der Waals surface area (Å²) in [5, 5.41) is 0.826. The first-order valence-corrected chi connectivity index (χ1v) is 12.2. The maximum absolute atomic E-state index is 13.6. The van der Waals surface area contributed by atoms with Gasteiger partial charge in [0.1, 0.15) is 0 Å². The highest BCUT2D eigenvalue weighted by atomic mass is 32.2. The lowest BCUT2D eigenvalue weighted by atomic mass is 10.1. The molecule has 33 heavy (non-hydrogen) atoms. The molecule has 4 rings (SSSR count). The summed E-state index contributed by atoms with van der Waals surface area (Å²) in [5.74, 6) is -0.626. The molecule has 8 nitrogen and oxygen atoms in total. The average Bonchev–Trinajstić information content (AvgIpc) is 3.32. The van der Waals surface area contributed by atoms with Gasteiger partial charge in [-0.3, -0.25) is 4.79 Å². The molecule has 1 fully saturated rings. The Bertz CT molecular complexity index is 1340. The van der Waals surface area contributed by atoms with Gasteiger partial charge in [-0.1, -0.05) is 24.3 Å². The van der Waals surface area contributed by atoms with Crippen molar-refractivity contribution in [1.29, 1.82) is 0 Å². The van der Waals surface area contributed by atoms with Crippen LogP contribution in [0.4, 0.5) is 0 Å². The molecule has 1 aliphatic heterocycles. The Kier molecular flexibility index (Phi) is 6.64. The van der Waals surface area contributed by atoms with Crippen LogP contribution >= 0.6 is 0 Å². The smallest absolute Gasteiger partial charge is 0.337 e. The average molecular weight is 471 g/mol. The number of nitrogens with one attached hydrogen (secondary N) is 1. The van der Waals surface area contributed by atoms with Crippen molar-refractivity contribution in [3.63, 3.8) is 0 Å². The maximum Gasteiger partial charge on any atom is 0.337 e. The molecule has 0 spiro atoms. The first-order valence-electron chi connectivity index (χ1n) is 10.7. The van der Waals surface area contributed by atoms with Crippen LogP contribution in [0.25, 0.3) is 10.9 Å². The van der Waals surface area contributed by atoms with Crippen molar-refractivity contribution < 1.29 is 22.7 Å². The van der Waals surface area contributed by atoms with E-state index in [1.165, 1.54) is 35.7 Å². The lowest BCUT2D eigenvalue weighted by molar-refractivity contribution is 0.0600. The Balaban J connectivity index is 1.74. The summed E-state index contributed by atoms with van der Waals surface area (Å²) in [6.07, 6.45) is 1.33. The number of fused-ring (bicyclic) bond motifs is 1. The number of rotatable bonds is 7. The van der Waals surface area contributed by atoms with Crippen molar-refractivity contribution in [1.82, 2.24) is 9.29 Å². The molecule has 9 heteroatoms. The van der Waals surface area contributed by atoms with E-state index in [0.29, 0.717) is 12.2 Å². The summed E-state index contributed by atoms with van der Waals surface area (Å²) in [7, 11) is -2.80. The molecule has 0 saturated carbocycles. The van der Waals surface area contributed by atoms with E-state index < -0.39 is 16.0 Å². The highest BCUT2D eigenvalue weighted by Crippen LogP contribution is 2.24. The number of nitrogens with zero attached hydrogens (tertiary/aromatic N) is 1. The van der Waals surface area contributed by atoms with Gasteiger partial charge in [-0.25, -0.2) is 13.2 Å². The molecular formula is C24H26N2O6S. The lowest BCUT2D eigenvalue weighted by Crippen LogP contribution is -2.38. The Morgan fingerprint density at radius 3 is 2.73 bits per heavy atom. The summed E-state index contributed by atoms with van der Waals surface area (Å²) in [5.41, 5.74) is 1.78. The number of carbonyl (C=O) groups is 1. The van der Waals surface area contributed by atoms with Crippen molar-refractivity contribution in [2.75, 3.05) is 20.3 Å². The fourth-order valence-electron chi connectivity index (χ4n) is 4.05. The van der Waals surface area contributed by atoms with E-state index in [-0.39, 0.29) is 35.2 Å². The highest BCUT2D eigenvalue weighted by molar-refractivity contribution is 7.89. The number of para-hydroxylation sites is 1. The van der Waals surface area contributed by atoms with Crippen molar-refractivity contribution in [3.05, 3.63) is 75.6 Å². The first-order chi connectivity index (χ1) is 15.8. The normalized spacial score (nSPS) is 16.4. The number of carbonyl (C=O) groups excluding carboxylic acids is 1. The van der Waals surface area contributed by atoms with Gasteiger partial charge >= 0.3 is 5.97 Å².